The Labute approximate surface area is 163 Å². The average molecular weight is 407 g/mol. The number of halogens is 2. The van der Waals surface area contributed by atoms with Gasteiger partial charge < -0.3 is 14.8 Å². The number of aromatic nitrogens is 3. The first-order valence-corrected chi connectivity index (χ1v) is 8.95. The van der Waals surface area contributed by atoms with Crippen molar-refractivity contribution in [2.24, 2.45) is 0 Å². The molecule has 1 aliphatic heterocycles. The van der Waals surface area contributed by atoms with Crippen molar-refractivity contribution in [2.75, 3.05) is 19.7 Å². The zero-order chi connectivity index (χ0) is 19.5. The Morgan fingerprint density at radius 2 is 2.21 bits per heavy atom. The molecule has 2 N–H and O–H groups in total. The standard InChI is InChI=1S/C18H16ClFN4O4/c19-12-4-3-10(8-13(12)20)15-14(9-21-6-7-26-15)27-17-11(2-1-5-22-17)16-23-18(25)28-24-16/h1-5,8,14-15,21H,6-7,9H2,(H,23,24,25)/t14-,15+/m0/s1. The van der Waals surface area contributed by atoms with Gasteiger partial charge in [0.2, 0.25) is 5.88 Å². The van der Waals surface area contributed by atoms with Gasteiger partial charge in [0.25, 0.3) is 0 Å². The van der Waals surface area contributed by atoms with Gasteiger partial charge in [-0.3, -0.25) is 9.51 Å². The smallest absolute Gasteiger partial charge is 0.439 e. The lowest BCUT2D eigenvalue weighted by atomic mass is 10.0. The molecule has 0 radical (unpaired) electrons. The van der Waals surface area contributed by atoms with E-state index < -0.39 is 23.8 Å². The second-order valence-corrected chi connectivity index (χ2v) is 6.53. The SMILES string of the molecule is O=c1[nH]c(-c2cccnc2O[C@H]2CNCCO[C@@H]2c2ccc(Cl)c(F)c2)no1. The molecule has 0 amide bonds. The fourth-order valence-electron chi connectivity index (χ4n) is 2.97. The Hall–Kier alpha value is -2.75. The van der Waals surface area contributed by atoms with Gasteiger partial charge in [0.05, 0.1) is 17.2 Å². The normalized spacial score (nSPS) is 19.9. The molecule has 0 unspecified atom stereocenters. The molecule has 8 nitrogen and oxygen atoms in total. The average Bonchev–Trinajstić information content (AvgIpc) is 2.99. The predicted octanol–water partition coefficient (Wildman–Crippen LogP) is 2.33. The van der Waals surface area contributed by atoms with Crippen LogP contribution in [0.5, 0.6) is 5.88 Å². The molecule has 2 atom stereocenters. The number of H-pyrrole nitrogens is 1. The zero-order valence-electron chi connectivity index (χ0n) is 14.5. The molecule has 3 aromatic rings. The third-order valence-electron chi connectivity index (χ3n) is 4.26. The van der Waals surface area contributed by atoms with Crippen LogP contribution in [0.25, 0.3) is 11.4 Å². The molecule has 0 saturated carbocycles. The minimum absolute atomic E-state index is 0.0370. The number of aromatic amines is 1. The molecule has 0 spiro atoms. The highest BCUT2D eigenvalue weighted by atomic mass is 35.5. The number of nitrogens with one attached hydrogen (secondary N) is 2. The second-order valence-electron chi connectivity index (χ2n) is 6.13. The summed E-state index contributed by atoms with van der Waals surface area (Å²) in [5.74, 6) is -0.773. The van der Waals surface area contributed by atoms with Crippen molar-refractivity contribution >= 4 is 11.6 Å². The highest BCUT2D eigenvalue weighted by Gasteiger charge is 2.30. The van der Waals surface area contributed by atoms with Crippen LogP contribution in [0.2, 0.25) is 5.02 Å². The van der Waals surface area contributed by atoms with Gasteiger partial charge in [-0.2, -0.15) is 0 Å². The van der Waals surface area contributed by atoms with Gasteiger partial charge in [0, 0.05) is 19.3 Å². The van der Waals surface area contributed by atoms with Crippen molar-refractivity contribution in [2.45, 2.75) is 12.2 Å². The largest absolute Gasteiger partial charge is 0.469 e. The predicted molar refractivity (Wildman–Crippen MR) is 97.7 cm³/mol. The first-order chi connectivity index (χ1) is 13.6. The Morgan fingerprint density at radius 1 is 1.32 bits per heavy atom. The van der Waals surface area contributed by atoms with E-state index in [-0.39, 0.29) is 16.7 Å². The first kappa shape index (κ1) is 18.6. The minimum atomic E-state index is -0.682. The summed E-state index contributed by atoms with van der Waals surface area (Å²) in [6.45, 7) is 1.50. The highest BCUT2D eigenvalue weighted by molar-refractivity contribution is 6.30. The number of ether oxygens (including phenoxy) is 2. The molecule has 1 aromatic carbocycles. The fourth-order valence-corrected chi connectivity index (χ4v) is 3.09. The van der Waals surface area contributed by atoms with E-state index in [9.17, 15) is 9.18 Å². The van der Waals surface area contributed by atoms with Gasteiger partial charge in [-0.1, -0.05) is 22.8 Å². The van der Waals surface area contributed by atoms with E-state index in [0.29, 0.717) is 30.8 Å². The lowest BCUT2D eigenvalue weighted by Gasteiger charge is -2.26. The van der Waals surface area contributed by atoms with Crippen LogP contribution in [0, 0.1) is 5.82 Å². The topological polar surface area (TPSA) is 102 Å². The summed E-state index contributed by atoms with van der Waals surface area (Å²) in [7, 11) is 0. The molecule has 2 aromatic heterocycles. The van der Waals surface area contributed by atoms with Crippen molar-refractivity contribution in [1.82, 2.24) is 20.4 Å². The van der Waals surface area contributed by atoms with E-state index in [1.807, 2.05) is 0 Å². The molecule has 146 valence electrons. The Kier molecular flexibility index (Phi) is 5.38. The van der Waals surface area contributed by atoms with E-state index in [1.54, 1.807) is 24.4 Å². The molecule has 0 bridgehead atoms. The lowest BCUT2D eigenvalue weighted by Crippen LogP contribution is -2.34. The van der Waals surface area contributed by atoms with Gasteiger partial charge in [-0.25, -0.2) is 14.2 Å². The van der Waals surface area contributed by atoms with Gasteiger partial charge in [0.15, 0.2) is 5.82 Å². The van der Waals surface area contributed by atoms with Crippen LogP contribution in [0.4, 0.5) is 4.39 Å². The molecule has 4 rings (SSSR count). The van der Waals surface area contributed by atoms with Gasteiger partial charge in [-0.15, -0.1) is 0 Å². The van der Waals surface area contributed by atoms with E-state index in [1.165, 1.54) is 12.1 Å². The van der Waals surface area contributed by atoms with Crippen LogP contribution < -0.4 is 15.8 Å². The summed E-state index contributed by atoms with van der Waals surface area (Å²) in [5.41, 5.74) is 1.06. The van der Waals surface area contributed by atoms with Crippen LogP contribution >= 0.6 is 11.6 Å². The quantitative estimate of drug-likeness (QED) is 0.685. The molecular weight excluding hydrogens is 391 g/mol. The monoisotopic (exact) mass is 406 g/mol. The minimum Gasteiger partial charge on any atom is -0.469 e. The van der Waals surface area contributed by atoms with Crippen molar-refractivity contribution < 1.29 is 18.4 Å². The molecule has 1 fully saturated rings. The van der Waals surface area contributed by atoms with E-state index in [2.05, 4.69) is 25.0 Å². The molecule has 0 aliphatic carbocycles. The maximum absolute atomic E-state index is 14.0. The number of hydrogen-bond donors (Lipinski definition) is 2. The maximum Gasteiger partial charge on any atom is 0.439 e. The summed E-state index contributed by atoms with van der Waals surface area (Å²) in [5, 5.41) is 6.94. The third-order valence-corrected chi connectivity index (χ3v) is 4.57. The molecule has 3 heterocycles. The van der Waals surface area contributed by atoms with Crippen LogP contribution in [0.15, 0.2) is 45.8 Å². The van der Waals surface area contributed by atoms with Crippen LogP contribution in [-0.4, -0.2) is 40.9 Å². The fraction of sp³-hybridized carbons (Fsp3) is 0.278. The van der Waals surface area contributed by atoms with Crippen LogP contribution in [0.1, 0.15) is 11.7 Å². The second kappa shape index (κ2) is 8.09. The van der Waals surface area contributed by atoms with E-state index in [4.69, 9.17) is 21.1 Å². The molecule has 1 aliphatic rings. The summed E-state index contributed by atoms with van der Waals surface area (Å²) < 4.78 is 30.5. The number of rotatable bonds is 4. The van der Waals surface area contributed by atoms with Crippen molar-refractivity contribution in [3.63, 3.8) is 0 Å². The Balaban J connectivity index is 1.66. The number of hydrogen-bond acceptors (Lipinski definition) is 7. The summed E-state index contributed by atoms with van der Waals surface area (Å²) in [6, 6.07) is 7.90. The Morgan fingerprint density at radius 3 is 3.00 bits per heavy atom. The van der Waals surface area contributed by atoms with E-state index >= 15 is 0 Å². The molecule has 1 saturated heterocycles. The van der Waals surface area contributed by atoms with Crippen LogP contribution in [-0.2, 0) is 4.74 Å². The van der Waals surface area contributed by atoms with Crippen LogP contribution in [0.3, 0.4) is 0 Å². The van der Waals surface area contributed by atoms with Crippen molar-refractivity contribution in [1.29, 1.82) is 0 Å². The summed E-state index contributed by atoms with van der Waals surface area (Å²) in [6.07, 6.45) is 0.488. The number of benzene rings is 1. The highest BCUT2D eigenvalue weighted by Crippen LogP contribution is 2.31. The maximum atomic E-state index is 14.0. The van der Waals surface area contributed by atoms with Gasteiger partial charge in [0.1, 0.15) is 18.0 Å². The van der Waals surface area contributed by atoms with Crippen molar-refractivity contribution in [3.05, 3.63) is 63.5 Å². The zero-order valence-corrected chi connectivity index (χ0v) is 15.3. The van der Waals surface area contributed by atoms with Gasteiger partial charge in [-0.05, 0) is 29.8 Å². The molecular formula is C18H16ClFN4O4. The van der Waals surface area contributed by atoms with E-state index in [0.717, 1.165) is 0 Å². The third kappa shape index (κ3) is 3.91. The molecule has 10 heteroatoms. The number of nitrogens with zero attached hydrogens (tertiary/aromatic N) is 2. The lowest BCUT2D eigenvalue weighted by molar-refractivity contribution is -0.00996. The van der Waals surface area contributed by atoms with Gasteiger partial charge >= 0.3 is 5.76 Å². The Bertz CT molecular complexity index is 1020. The summed E-state index contributed by atoms with van der Waals surface area (Å²) in [4.78, 5) is 18.0. The van der Waals surface area contributed by atoms with Crippen molar-refractivity contribution in [3.8, 4) is 17.3 Å². The summed E-state index contributed by atoms with van der Waals surface area (Å²) >= 11 is 5.79. The first-order valence-electron chi connectivity index (χ1n) is 8.57. The molecule has 28 heavy (non-hydrogen) atoms. The number of pyridine rings is 1.